The van der Waals surface area contributed by atoms with Crippen LogP contribution in [0.15, 0.2) is 35.4 Å². The first kappa shape index (κ1) is 23.2. The van der Waals surface area contributed by atoms with Crippen molar-refractivity contribution in [3.8, 4) is 11.1 Å². The molecule has 0 unspecified atom stereocenters. The fourth-order valence-corrected chi connectivity index (χ4v) is 5.05. The van der Waals surface area contributed by atoms with E-state index in [9.17, 15) is 4.79 Å². The maximum atomic E-state index is 15.0. The van der Waals surface area contributed by atoms with Crippen LogP contribution in [0.25, 0.3) is 16.8 Å². The molecule has 0 N–H and O–H groups in total. The van der Waals surface area contributed by atoms with Gasteiger partial charge in [-0.3, -0.25) is 9.48 Å². The van der Waals surface area contributed by atoms with E-state index >= 15 is 8.78 Å². The topological polar surface area (TPSA) is 74.3 Å². The smallest absolute Gasteiger partial charge is 0.277 e. The Kier molecular flexibility index (Phi) is 5.64. The molecule has 0 radical (unpaired) electrons. The lowest BCUT2D eigenvalue weighted by atomic mass is 9.89. The average molecular weight is 512 g/mol. The SMILES string of the molecule is Cc1nc2c(-c3c(F)cc(Cl)cc3F)cc([C@@H]3CCO[C@@H](c4cnn(C5CC5)c4)C3)nn2c(=O)c1C. The first-order valence-corrected chi connectivity index (χ1v) is 12.4. The number of benzene rings is 1. The van der Waals surface area contributed by atoms with Gasteiger partial charge in [0.15, 0.2) is 5.65 Å². The van der Waals surface area contributed by atoms with Crippen molar-refractivity contribution in [3.63, 3.8) is 0 Å². The Morgan fingerprint density at radius 1 is 1.11 bits per heavy atom. The summed E-state index contributed by atoms with van der Waals surface area (Å²) >= 11 is 5.87. The van der Waals surface area contributed by atoms with Gasteiger partial charge in [-0.25, -0.2) is 13.8 Å². The molecule has 7 nitrogen and oxygen atoms in total. The minimum atomic E-state index is -0.830. The number of hydrogen-bond donors (Lipinski definition) is 0. The van der Waals surface area contributed by atoms with Crippen LogP contribution in [0, 0.1) is 25.5 Å². The van der Waals surface area contributed by atoms with Crippen molar-refractivity contribution in [3.05, 3.63) is 80.1 Å². The zero-order chi connectivity index (χ0) is 25.1. The lowest BCUT2D eigenvalue weighted by Crippen LogP contribution is -2.25. The molecule has 1 aliphatic heterocycles. The predicted molar refractivity (Wildman–Crippen MR) is 130 cm³/mol. The number of halogens is 3. The lowest BCUT2D eigenvalue weighted by molar-refractivity contribution is 0.00443. The molecular formula is C26H24ClF2N5O2. The normalized spacial score (nSPS) is 20.2. The summed E-state index contributed by atoms with van der Waals surface area (Å²) in [6, 6.07) is 4.22. The Bertz CT molecular complexity index is 1540. The number of aryl methyl sites for hydroxylation is 1. The second kappa shape index (κ2) is 8.74. The van der Waals surface area contributed by atoms with E-state index in [2.05, 4.69) is 15.2 Å². The van der Waals surface area contributed by atoms with Gasteiger partial charge in [0.2, 0.25) is 0 Å². The molecule has 4 aromatic rings. The second-order valence-electron chi connectivity index (χ2n) is 9.66. The summed E-state index contributed by atoms with van der Waals surface area (Å²) in [4.78, 5) is 17.7. The summed E-state index contributed by atoms with van der Waals surface area (Å²) in [6.07, 6.45) is 7.22. The summed E-state index contributed by atoms with van der Waals surface area (Å²) < 4.78 is 39.3. The molecule has 36 heavy (non-hydrogen) atoms. The summed E-state index contributed by atoms with van der Waals surface area (Å²) in [5, 5.41) is 9.05. The Balaban J connectivity index is 1.47. The summed E-state index contributed by atoms with van der Waals surface area (Å²) in [5.41, 5.74) is 2.06. The van der Waals surface area contributed by atoms with E-state index in [-0.39, 0.29) is 39.4 Å². The lowest BCUT2D eigenvalue weighted by Gasteiger charge is -2.29. The van der Waals surface area contributed by atoms with Crippen molar-refractivity contribution < 1.29 is 13.5 Å². The summed E-state index contributed by atoms with van der Waals surface area (Å²) in [5.74, 6) is -1.75. The van der Waals surface area contributed by atoms with Gasteiger partial charge in [-0.1, -0.05) is 11.6 Å². The van der Waals surface area contributed by atoms with Crippen LogP contribution >= 0.6 is 11.6 Å². The van der Waals surface area contributed by atoms with Crippen LogP contribution in [-0.2, 0) is 4.74 Å². The molecule has 1 saturated carbocycles. The van der Waals surface area contributed by atoms with Gasteiger partial charge in [0, 0.05) is 46.1 Å². The third-order valence-corrected chi connectivity index (χ3v) is 7.39. The van der Waals surface area contributed by atoms with Crippen molar-refractivity contribution >= 4 is 17.2 Å². The standard InChI is InChI=1S/C26H24ClF2N5O2/c1-13-14(2)31-25-19(24-20(28)8-17(27)9-21(24)29)10-22(32-34(25)26(13)35)15-5-6-36-23(7-15)16-11-30-33(12-16)18-3-4-18/h8-12,15,18,23H,3-7H2,1-2H3/t15-,23-/m1/s1. The summed E-state index contributed by atoms with van der Waals surface area (Å²) in [7, 11) is 0. The minimum absolute atomic E-state index is 0.0523. The van der Waals surface area contributed by atoms with E-state index in [1.165, 1.54) is 0 Å². The Labute approximate surface area is 210 Å². The van der Waals surface area contributed by atoms with Gasteiger partial charge in [0.1, 0.15) is 11.6 Å². The number of rotatable bonds is 4. The Hall–Kier alpha value is -3.17. The monoisotopic (exact) mass is 511 g/mol. The molecule has 10 heteroatoms. The molecule has 1 aliphatic carbocycles. The molecule has 0 bridgehead atoms. The third kappa shape index (κ3) is 4.00. The van der Waals surface area contributed by atoms with Crippen molar-refractivity contribution in [2.45, 2.75) is 57.6 Å². The molecule has 1 saturated heterocycles. The number of hydrogen-bond acceptors (Lipinski definition) is 5. The molecule has 1 aromatic carbocycles. The molecule has 6 rings (SSSR count). The zero-order valence-electron chi connectivity index (χ0n) is 19.8. The van der Waals surface area contributed by atoms with Crippen LogP contribution in [-0.4, -0.2) is 31.0 Å². The van der Waals surface area contributed by atoms with Gasteiger partial charge < -0.3 is 4.74 Å². The van der Waals surface area contributed by atoms with Gasteiger partial charge in [0.05, 0.1) is 29.6 Å². The first-order valence-electron chi connectivity index (χ1n) is 12.0. The largest absolute Gasteiger partial charge is 0.373 e. The van der Waals surface area contributed by atoms with E-state index in [4.69, 9.17) is 16.3 Å². The second-order valence-corrected chi connectivity index (χ2v) is 10.1. The third-order valence-electron chi connectivity index (χ3n) is 7.17. The minimum Gasteiger partial charge on any atom is -0.373 e. The number of fused-ring (bicyclic) bond motifs is 1. The van der Waals surface area contributed by atoms with Crippen LogP contribution < -0.4 is 5.56 Å². The van der Waals surface area contributed by atoms with Gasteiger partial charge >= 0.3 is 0 Å². The van der Waals surface area contributed by atoms with Crippen molar-refractivity contribution in [1.82, 2.24) is 24.4 Å². The van der Waals surface area contributed by atoms with Crippen molar-refractivity contribution in [2.75, 3.05) is 6.61 Å². The molecule has 3 aromatic heterocycles. The van der Waals surface area contributed by atoms with Crippen molar-refractivity contribution in [2.24, 2.45) is 0 Å². The van der Waals surface area contributed by atoms with Crippen LogP contribution in [0.3, 0.4) is 0 Å². The molecular weight excluding hydrogens is 488 g/mol. The zero-order valence-corrected chi connectivity index (χ0v) is 20.6. The van der Waals surface area contributed by atoms with E-state index in [1.807, 2.05) is 17.1 Å². The van der Waals surface area contributed by atoms with Crippen LogP contribution in [0.4, 0.5) is 8.78 Å². The molecule has 0 amide bonds. The van der Waals surface area contributed by atoms with E-state index in [0.29, 0.717) is 42.4 Å². The van der Waals surface area contributed by atoms with Crippen LogP contribution in [0.1, 0.15) is 66.3 Å². The highest BCUT2D eigenvalue weighted by Crippen LogP contribution is 2.40. The highest BCUT2D eigenvalue weighted by atomic mass is 35.5. The van der Waals surface area contributed by atoms with Gasteiger partial charge in [0.25, 0.3) is 5.56 Å². The molecule has 0 spiro atoms. The molecule has 4 heterocycles. The van der Waals surface area contributed by atoms with Crippen LogP contribution in [0.5, 0.6) is 0 Å². The fourth-order valence-electron chi connectivity index (χ4n) is 4.86. The van der Waals surface area contributed by atoms with E-state index < -0.39 is 11.6 Å². The fraction of sp³-hybridized carbons (Fsp3) is 0.385. The summed E-state index contributed by atoms with van der Waals surface area (Å²) in [6.45, 7) is 3.84. The molecule has 2 atom stereocenters. The molecule has 2 fully saturated rings. The van der Waals surface area contributed by atoms with E-state index in [1.54, 1.807) is 19.9 Å². The van der Waals surface area contributed by atoms with Gasteiger partial charge in [-0.15, -0.1) is 0 Å². The predicted octanol–water partition coefficient (Wildman–Crippen LogP) is 5.47. The number of nitrogens with zero attached hydrogens (tertiary/aromatic N) is 5. The van der Waals surface area contributed by atoms with Crippen molar-refractivity contribution in [1.29, 1.82) is 0 Å². The average Bonchev–Trinajstić information content (AvgIpc) is 3.58. The van der Waals surface area contributed by atoms with Gasteiger partial charge in [-0.2, -0.15) is 14.7 Å². The van der Waals surface area contributed by atoms with E-state index in [0.717, 1.165) is 35.1 Å². The quantitative estimate of drug-likeness (QED) is 0.363. The Morgan fingerprint density at radius 2 is 1.86 bits per heavy atom. The molecule has 2 aliphatic rings. The first-order chi connectivity index (χ1) is 17.3. The Morgan fingerprint density at radius 3 is 2.58 bits per heavy atom. The molecule has 186 valence electrons. The van der Waals surface area contributed by atoms with Crippen LogP contribution in [0.2, 0.25) is 5.02 Å². The maximum absolute atomic E-state index is 15.0. The number of aromatic nitrogens is 5. The highest BCUT2D eigenvalue weighted by Gasteiger charge is 2.31. The van der Waals surface area contributed by atoms with Gasteiger partial charge in [-0.05, 0) is 57.7 Å². The number of ether oxygens (including phenoxy) is 1. The maximum Gasteiger partial charge on any atom is 0.277 e. The highest BCUT2D eigenvalue weighted by molar-refractivity contribution is 6.30.